The van der Waals surface area contributed by atoms with Crippen molar-refractivity contribution < 1.29 is 4.74 Å². The van der Waals surface area contributed by atoms with Crippen molar-refractivity contribution in [1.29, 1.82) is 0 Å². The molecule has 2 rings (SSSR count). The second kappa shape index (κ2) is 6.47. The molecule has 3 heteroatoms. The highest BCUT2D eigenvalue weighted by molar-refractivity contribution is 7.99. The van der Waals surface area contributed by atoms with Gasteiger partial charge < -0.3 is 10.5 Å². The summed E-state index contributed by atoms with van der Waals surface area (Å²) in [6.45, 7) is 2.68. The summed E-state index contributed by atoms with van der Waals surface area (Å²) in [6, 6.07) is 16.3. The van der Waals surface area contributed by atoms with Gasteiger partial charge in [-0.2, -0.15) is 0 Å². The van der Waals surface area contributed by atoms with Crippen LogP contribution in [-0.2, 0) is 11.3 Å². The van der Waals surface area contributed by atoms with Crippen molar-refractivity contribution in [3.63, 3.8) is 0 Å². The Kier molecular flexibility index (Phi) is 4.67. The molecule has 94 valence electrons. The Balaban J connectivity index is 1.79. The first-order valence-corrected chi connectivity index (χ1v) is 6.85. The molecule has 2 N–H and O–H groups in total. The van der Waals surface area contributed by atoms with Crippen LogP contribution in [-0.4, -0.2) is 5.94 Å². The van der Waals surface area contributed by atoms with Crippen molar-refractivity contribution in [2.75, 3.05) is 11.7 Å². The summed E-state index contributed by atoms with van der Waals surface area (Å²) in [4.78, 5) is 1.08. The minimum absolute atomic E-state index is 0.613. The lowest BCUT2D eigenvalue weighted by Crippen LogP contribution is -1.94. The molecule has 2 aromatic rings. The smallest absolute Gasteiger partial charge is 0.0972 e. The molecule has 0 aromatic heterocycles. The maximum absolute atomic E-state index is 5.94. The summed E-state index contributed by atoms with van der Waals surface area (Å²) in [5.74, 6) is 0.613. The van der Waals surface area contributed by atoms with Crippen molar-refractivity contribution >= 4 is 17.4 Å². The van der Waals surface area contributed by atoms with Crippen molar-refractivity contribution in [3.05, 3.63) is 59.7 Å². The van der Waals surface area contributed by atoms with Crippen molar-refractivity contribution in [1.82, 2.24) is 0 Å². The lowest BCUT2D eigenvalue weighted by molar-refractivity contribution is 0.169. The number of ether oxygens (including phenoxy) is 1. The largest absolute Gasteiger partial charge is 0.398 e. The minimum Gasteiger partial charge on any atom is -0.398 e. The average molecular weight is 259 g/mol. The van der Waals surface area contributed by atoms with E-state index in [2.05, 4.69) is 18.2 Å². The second-order valence-electron chi connectivity index (χ2n) is 4.14. The Bertz CT molecular complexity index is 499. The number of thioether (sulfide) groups is 1. The van der Waals surface area contributed by atoms with E-state index in [1.165, 1.54) is 11.1 Å². The Morgan fingerprint density at radius 2 is 1.89 bits per heavy atom. The zero-order valence-corrected chi connectivity index (χ0v) is 11.2. The van der Waals surface area contributed by atoms with Crippen LogP contribution in [0.5, 0.6) is 0 Å². The SMILES string of the molecule is Cc1ccc(SCOCc2ccccc2)c(N)c1. The molecule has 2 nitrogen and oxygen atoms in total. The number of rotatable bonds is 5. The van der Waals surface area contributed by atoms with Gasteiger partial charge in [-0.05, 0) is 30.2 Å². The molecule has 0 aliphatic rings. The monoisotopic (exact) mass is 259 g/mol. The Morgan fingerprint density at radius 1 is 1.11 bits per heavy atom. The van der Waals surface area contributed by atoms with E-state index in [-0.39, 0.29) is 0 Å². The topological polar surface area (TPSA) is 35.2 Å². The number of anilines is 1. The van der Waals surface area contributed by atoms with Gasteiger partial charge in [0, 0.05) is 10.6 Å². The second-order valence-corrected chi connectivity index (χ2v) is 5.10. The van der Waals surface area contributed by atoms with Crippen molar-refractivity contribution in [2.45, 2.75) is 18.4 Å². The molecule has 0 heterocycles. The molecule has 0 fully saturated rings. The van der Waals surface area contributed by atoms with Crippen LogP contribution in [0.3, 0.4) is 0 Å². The number of nitrogens with two attached hydrogens (primary N) is 1. The lowest BCUT2D eigenvalue weighted by atomic mass is 10.2. The number of hydrogen-bond donors (Lipinski definition) is 1. The first kappa shape index (κ1) is 13.0. The van der Waals surface area contributed by atoms with Crippen LogP contribution in [0.2, 0.25) is 0 Å². The van der Waals surface area contributed by atoms with E-state index in [1.54, 1.807) is 11.8 Å². The van der Waals surface area contributed by atoms with Crippen LogP contribution in [0.15, 0.2) is 53.4 Å². The van der Waals surface area contributed by atoms with E-state index < -0.39 is 0 Å². The number of nitrogen functional groups attached to an aromatic ring is 1. The first-order valence-electron chi connectivity index (χ1n) is 5.86. The van der Waals surface area contributed by atoms with Gasteiger partial charge in [-0.3, -0.25) is 0 Å². The molecule has 0 radical (unpaired) electrons. The standard InChI is InChI=1S/C15H17NOS/c1-12-7-8-15(14(16)9-12)18-11-17-10-13-5-3-2-4-6-13/h2-9H,10-11,16H2,1H3. The van der Waals surface area contributed by atoms with Gasteiger partial charge in [-0.25, -0.2) is 0 Å². The van der Waals surface area contributed by atoms with Gasteiger partial charge in [-0.1, -0.05) is 48.2 Å². The quantitative estimate of drug-likeness (QED) is 0.383. The van der Waals surface area contributed by atoms with Gasteiger partial charge >= 0.3 is 0 Å². The number of aryl methyl sites for hydroxylation is 1. The predicted molar refractivity (Wildman–Crippen MR) is 77.5 cm³/mol. The first-order chi connectivity index (χ1) is 8.75. The predicted octanol–water partition coefficient (Wildman–Crippen LogP) is 3.84. The molecular formula is C15H17NOS. The normalized spacial score (nSPS) is 10.5. The Morgan fingerprint density at radius 3 is 2.61 bits per heavy atom. The molecule has 0 spiro atoms. The van der Waals surface area contributed by atoms with Gasteiger partial charge in [-0.15, -0.1) is 0 Å². The fraction of sp³-hybridized carbons (Fsp3) is 0.200. The zero-order valence-electron chi connectivity index (χ0n) is 10.4. The molecule has 0 amide bonds. The minimum atomic E-state index is 0.613. The van der Waals surface area contributed by atoms with Crippen LogP contribution < -0.4 is 5.73 Å². The lowest BCUT2D eigenvalue weighted by Gasteiger charge is -2.07. The fourth-order valence-corrected chi connectivity index (χ4v) is 2.32. The summed E-state index contributed by atoms with van der Waals surface area (Å²) in [5, 5.41) is 0. The van der Waals surface area contributed by atoms with Gasteiger partial charge in [0.05, 0.1) is 12.5 Å². The van der Waals surface area contributed by atoms with Crippen LogP contribution in [0.4, 0.5) is 5.69 Å². The van der Waals surface area contributed by atoms with E-state index in [4.69, 9.17) is 10.5 Å². The number of hydrogen-bond acceptors (Lipinski definition) is 3. The summed E-state index contributed by atoms with van der Waals surface area (Å²) >= 11 is 1.63. The molecule has 0 aliphatic heterocycles. The van der Waals surface area contributed by atoms with E-state index in [0.29, 0.717) is 12.5 Å². The zero-order chi connectivity index (χ0) is 12.8. The highest BCUT2D eigenvalue weighted by atomic mass is 32.2. The highest BCUT2D eigenvalue weighted by Crippen LogP contribution is 2.25. The average Bonchev–Trinajstić information content (AvgIpc) is 2.38. The van der Waals surface area contributed by atoms with Gasteiger partial charge in [0.2, 0.25) is 0 Å². The maximum Gasteiger partial charge on any atom is 0.0972 e. The molecular weight excluding hydrogens is 242 g/mol. The molecule has 0 unspecified atom stereocenters. The van der Waals surface area contributed by atoms with Crippen molar-refractivity contribution in [3.8, 4) is 0 Å². The molecule has 0 bridgehead atoms. The van der Waals surface area contributed by atoms with Crippen molar-refractivity contribution in [2.24, 2.45) is 0 Å². The molecule has 0 saturated carbocycles. The van der Waals surface area contributed by atoms with Crippen LogP contribution >= 0.6 is 11.8 Å². The summed E-state index contributed by atoms with van der Waals surface area (Å²) in [7, 11) is 0. The van der Waals surface area contributed by atoms with Gasteiger partial charge in [0.15, 0.2) is 0 Å². The summed E-state index contributed by atoms with van der Waals surface area (Å²) in [5.41, 5.74) is 9.13. The molecule has 0 aliphatic carbocycles. The highest BCUT2D eigenvalue weighted by Gasteiger charge is 2.00. The van der Waals surface area contributed by atoms with Gasteiger partial charge in [0.25, 0.3) is 0 Å². The third-order valence-corrected chi connectivity index (χ3v) is 3.54. The fourth-order valence-electron chi connectivity index (χ4n) is 1.64. The van der Waals surface area contributed by atoms with E-state index >= 15 is 0 Å². The van der Waals surface area contributed by atoms with E-state index in [0.717, 1.165) is 10.6 Å². The van der Waals surface area contributed by atoms with Crippen LogP contribution in [0.1, 0.15) is 11.1 Å². The third-order valence-electron chi connectivity index (χ3n) is 2.57. The Hall–Kier alpha value is -1.45. The molecule has 2 aromatic carbocycles. The van der Waals surface area contributed by atoms with E-state index in [1.807, 2.05) is 37.3 Å². The molecule has 18 heavy (non-hydrogen) atoms. The molecule has 0 atom stereocenters. The van der Waals surface area contributed by atoms with Crippen LogP contribution in [0.25, 0.3) is 0 Å². The summed E-state index contributed by atoms with van der Waals surface area (Å²) < 4.78 is 5.62. The molecule has 0 saturated heterocycles. The summed E-state index contributed by atoms with van der Waals surface area (Å²) in [6.07, 6.45) is 0. The third kappa shape index (κ3) is 3.79. The van der Waals surface area contributed by atoms with E-state index in [9.17, 15) is 0 Å². The maximum atomic E-state index is 5.94. The Labute approximate surface area is 112 Å². The van der Waals surface area contributed by atoms with Gasteiger partial charge in [0.1, 0.15) is 0 Å². The number of benzene rings is 2. The van der Waals surface area contributed by atoms with Crippen LogP contribution in [0, 0.1) is 6.92 Å².